The third-order valence-corrected chi connectivity index (χ3v) is 5.60. The van der Waals surface area contributed by atoms with Crippen LogP contribution in [0.5, 0.6) is 0 Å². The molecule has 0 saturated carbocycles. The Morgan fingerprint density at radius 1 is 1.10 bits per heavy atom. The fourth-order valence-electron chi connectivity index (χ4n) is 3.79. The quantitative estimate of drug-likeness (QED) is 0.652. The Hall–Kier alpha value is -3.42. The summed E-state index contributed by atoms with van der Waals surface area (Å²) in [6.07, 6.45) is 2.93. The minimum atomic E-state index is -0.607. The summed E-state index contributed by atoms with van der Waals surface area (Å²) in [5.74, 6) is 1.02. The van der Waals surface area contributed by atoms with E-state index < -0.39 is 6.04 Å². The number of aromatic nitrogens is 2. The predicted molar refractivity (Wildman–Crippen MR) is 113 cm³/mol. The molecule has 3 heterocycles. The van der Waals surface area contributed by atoms with Crippen LogP contribution in [0.2, 0.25) is 0 Å². The summed E-state index contributed by atoms with van der Waals surface area (Å²) in [6.45, 7) is 5.00. The van der Waals surface area contributed by atoms with Gasteiger partial charge in [0.1, 0.15) is 6.04 Å². The largest absolute Gasteiger partial charge is 0.459 e. The molecule has 31 heavy (non-hydrogen) atoms. The number of piperidine rings is 1. The first-order chi connectivity index (χ1) is 15.0. The molecule has 1 saturated heterocycles. The van der Waals surface area contributed by atoms with E-state index in [0.717, 1.165) is 18.4 Å². The van der Waals surface area contributed by atoms with Gasteiger partial charge in [-0.05, 0) is 43.0 Å². The van der Waals surface area contributed by atoms with Crippen molar-refractivity contribution in [2.24, 2.45) is 5.92 Å². The van der Waals surface area contributed by atoms with Gasteiger partial charge in [0.05, 0.1) is 6.26 Å². The topological polar surface area (TPSA) is 101 Å². The van der Waals surface area contributed by atoms with Gasteiger partial charge in [-0.25, -0.2) is 0 Å². The minimum Gasteiger partial charge on any atom is -0.459 e. The zero-order chi connectivity index (χ0) is 21.8. The van der Waals surface area contributed by atoms with Gasteiger partial charge in [-0.1, -0.05) is 37.2 Å². The molecule has 0 aliphatic carbocycles. The number of rotatable bonds is 6. The number of furan rings is 1. The molecule has 0 bridgehead atoms. The maximum absolute atomic E-state index is 13.1. The maximum atomic E-state index is 13.1. The van der Waals surface area contributed by atoms with E-state index in [9.17, 15) is 9.59 Å². The van der Waals surface area contributed by atoms with Crippen LogP contribution in [0.4, 0.5) is 0 Å². The lowest BCUT2D eigenvalue weighted by molar-refractivity contribution is -0.135. The van der Waals surface area contributed by atoms with Gasteiger partial charge in [-0.3, -0.25) is 9.59 Å². The Morgan fingerprint density at radius 2 is 1.84 bits per heavy atom. The van der Waals surface area contributed by atoms with E-state index >= 15 is 0 Å². The number of amides is 2. The molecule has 0 spiro atoms. The molecule has 3 aromatic rings. The summed E-state index contributed by atoms with van der Waals surface area (Å²) in [5.41, 5.74) is 0.890. The number of nitrogens with one attached hydrogen (secondary N) is 1. The molecule has 1 N–H and O–H groups in total. The van der Waals surface area contributed by atoms with Gasteiger partial charge in [0.2, 0.25) is 5.91 Å². The van der Waals surface area contributed by atoms with Crippen LogP contribution in [0, 0.1) is 5.92 Å². The molecule has 1 fully saturated rings. The molecule has 1 aliphatic heterocycles. The monoisotopic (exact) mass is 422 g/mol. The highest BCUT2D eigenvalue weighted by molar-refractivity contribution is 5.95. The third-order valence-electron chi connectivity index (χ3n) is 5.60. The molecule has 2 amide bonds. The summed E-state index contributed by atoms with van der Waals surface area (Å²) in [6, 6.07) is 12.3. The van der Waals surface area contributed by atoms with Gasteiger partial charge in [0, 0.05) is 24.6 Å². The molecular weight excluding hydrogens is 396 g/mol. The summed E-state index contributed by atoms with van der Waals surface area (Å²) in [7, 11) is 0. The molecule has 0 unspecified atom stereocenters. The van der Waals surface area contributed by atoms with E-state index in [1.807, 2.05) is 49.1 Å². The van der Waals surface area contributed by atoms with Crippen molar-refractivity contribution in [3.63, 3.8) is 0 Å². The molecule has 1 atom stereocenters. The minimum absolute atomic E-state index is 0.0465. The first-order valence-electron chi connectivity index (χ1n) is 10.5. The van der Waals surface area contributed by atoms with Crippen LogP contribution in [0.15, 0.2) is 57.7 Å². The molecule has 1 aromatic carbocycles. The van der Waals surface area contributed by atoms with E-state index in [2.05, 4.69) is 15.5 Å². The zero-order valence-corrected chi connectivity index (χ0v) is 17.7. The second kappa shape index (κ2) is 9.16. The lowest BCUT2D eigenvalue weighted by atomic mass is 9.94. The number of nitrogens with zero attached hydrogens (tertiary/aromatic N) is 3. The van der Waals surface area contributed by atoms with Crippen LogP contribution in [0.3, 0.4) is 0 Å². The molecule has 0 radical (unpaired) electrons. The first-order valence-corrected chi connectivity index (χ1v) is 10.5. The van der Waals surface area contributed by atoms with Gasteiger partial charge >= 0.3 is 0 Å². The number of benzene rings is 1. The van der Waals surface area contributed by atoms with Gasteiger partial charge in [-0.15, -0.1) is 0 Å². The predicted octanol–water partition coefficient (Wildman–Crippen LogP) is 3.49. The van der Waals surface area contributed by atoms with Crippen molar-refractivity contribution in [1.82, 2.24) is 20.4 Å². The molecular formula is C23H26N4O4. The molecule has 4 rings (SSSR count). The second-order valence-corrected chi connectivity index (χ2v) is 8.10. The fourth-order valence-corrected chi connectivity index (χ4v) is 3.79. The fraction of sp³-hybridized carbons (Fsp3) is 0.391. The summed E-state index contributed by atoms with van der Waals surface area (Å²) in [4.78, 5) is 31.8. The molecule has 162 valence electrons. The van der Waals surface area contributed by atoms with Gasteiger partial charge < -0.3 is 19.2 Å². The highest BCUT2D eigenvalue weighted by atomic mass is 16.5. The Balaban J connectivity index is 1.36. The van der Waals surface area contributed by atoms with Crippen LogP contribution >= 0.6 is 0 Å². The molecule has 8 heteroatoms. The lowest BCUT2D eigenvalue weighted by Gasteiger charge is -2.34. The Morgan fingerprint density at radius 3 is 2.48 bits per heavy atom. The van der Waals surface area contributed by atoms with Crippen LogP contribution in [0.25, 0.3) is 11.5 Å². The van der Waals surface area contributed by atoms with Crippen LogP contribution in [-0.4, -0.2) is 46.0 Å². The number of likely N-dealkylation sites (tertiary alicyclic amines) is 1. The number of carbonyl (C=O) groups is 2. The average Bonchev–Trinajstić information content (AvgIpc) is 3.50. The van der Waals surface area contributed by atoms with Crippen LogP contribution in [-0.2, 0) is 4.79 Å². The van der Waals surface area contributed by atoms with E-state index in [1.54, 1.807) is 12.1 Å². The van der Waals surface area contributed by atoms with E-state index in [1.165, 1.54) is 6.26 Å². The highest BCUT2D eigenvalue weighted by Crippen LogP contribution is 2.28. The SMILES string of the molecule is CC(C)[C@@H](NC(=O)c1ccco1)C(=O)N1CCC(c2noc(-c3ccccc3)n2)CC1. The maximum Gasteiger partial charge on any atom is 0.287 e. The van der Waals surface area contributed by atoms with Gasteiger partial charge in [0.25, 0.3) is 11.8 Å². The third kappa shape index (κ3) is 4.68. The smallest absolute Gasteiger partial charge is 0.287 e. The van der Waals surface area contributed by atoms with E-state index in [-0.39, 0.29) is 29.4 Å². The summed E-state index contributed by atoms with van der Waals surface area (Å²) in [5, 5.41) is 6.98. The van der Waals surface area contributed by atoms with Crippen LogP contribution in [0.1, 0.15) is 49.0 Å². The number of carbonyl (C=O) groups excluding carboxylic acids is 2. The van der Waals surface area contributed by atoms with Crippen molar-refractivity contribution >= 4 is 11.8 Å². The lowest BCUT2D eigenvalue weighted by Crippen LogP contribution is -2.52. The zero-order valence-electron chi connectivity index (χ0n) is 17.7. The van der Waals surface area contributed by atoms with Crippen molar-refractivity contribution in [2.45, 2.75) is 38.6 Å². The molecule has 1 aliphatic rings. The normalized spacial score (nSPS) is 15.8. The number of hydrogen-bond donors (Lipinski definition) is 1. The standard InChI is InChI=1S/C23H26N4O4/c1-15(2)19(24-21(28)18-9-6-14-30-18)23(29)27-12-10-16(11-13-27)20-25-22(31-26-20)17-7-4-3-5-8-17/h3-9,14-16,19H,10-13H2,1-2H3,(H,24,28)/t19-/m1/s1. The van der Waals surface area contributed by atoms with Crippen molar-refractivity contribution in [3.8, 4) is 11.5 Å². The Bertz CT molecular complexity index is 1010. The second-order valence-electron chi connectivity index (χ2n) is 8.10. The van der Waals surface area contributed by atoms with Crippen LogP contribution < -0.4 is 5.32 Å². The molecule has 2 aromatic heterocycles. The van der Waals surface area contributed by atoms with E-state index in [0.29, 0.717) is 24.8 Å². The van der Waals surface area contributed by atoms with Crippen molar-refractivity contribution in [1.29, 1.82) is 0 Å². The highest BCUT2D eigenvalue weighted by Gasteiger charge is 2.33. The van der Waals surface area contributed by atoms with Gasteiger partial charge in [0.15, 0.2) is 11.6 Å². The Labute approximate surface area is 180 Å². The number of hydrogen-bond acceptors (Lipinski definition) is 6. The summed E-state index contributed by atoms with van der Waals surface area (Å²) < 4.78 is 10.6. The van der Waals surface area contributed by atoms with Crippen molar-refractivity contribution in [2.75, 3.05) is 13.1 Å². The summed E-state index contributed by atoms with van der Waals surface area (Å²) >= 11 is 0. The van der Waals surface area contributed by atoms with Crippen molar-refractivity contribution in [3.05, 3.63) is 60.3 Å². The van der Waals surface area contributed by atoms with E-state index in [4.69, 9.17) is 8.94 Å². The first kappa shape index (κ1) is 20.8. The average molecular weight is 422 g/mol. The van der Waals surface area contributed by atoms with Gasteiger partial charge in [-0.2, -0.15) is 4.98 Å². The molecule has 8 nitrogen and oxygen atoms in total. The van der Waals surface area contributed by atoms with Crippen molar-refractivity contribution < 1.29 is 18.5 Å². The Kier molecular flexibility index (Phi) is 6.16.